The lowest BCUT2D eigenvalue weighted by Gasteiger charge is -1.99. The molecule has 1 heteroatoms. The van der Waals surface area contributed by atoms with Gasteiger partial charge in [-0.3, -0.25) is 0 Å². The summed E-state index contributed by atoms with van der Waals surface area (Å²) in [5.74, 6) is 0. The maximum Gasteiger partial charge on any atom is 0.0888 e. The van der Waals surface area contributed by atoms with Gasteiger partial charge in [0, 0.05) is 0 Å². The summed E-state index contributed by atoms with van der Waals surface area (Å²) in [6.07, 6.45) is 3.86. The fourth-order valence-corrected chi connectivity index (χ4v) is 0.818. The molecule has 0 aliphatic carbocycles. The smallest absolute Gasteiger partial charge is 0.0888 e. The van der Waals surface area contributed by atoms with Crippen LogP contribution >= 0.6 is 0 Å². The molecule has 1 aliphatic rings. The molecular weight excluding hydrogens is 100 g/mol. The highest BCUT2D eigenvalue weighted by Crippen LogP contribution is 2.31. The van der Waals surface area contributed by atoms with E-state index in [1.807, 2.05) is 0 Å². The van der Waals surface area contributed by atoms with Crippen molar-refractivity contribution < 1.29 is 4.74 Å². The van der Waals surface area contributed by atoms with Crippen LogP contribution in [0.1, 0.15) is 33.1 Å². The van der Waals surface area contributed by atoms with E-state index in [1.165, 1.54) is 19.3 Å². The number of unbranched alkanes of at least 4 members (excludes halogenated alkanes) is 1. The first-order chi connectivity index (χ1) is 3.77. The molecule has 0 unspecified atom stereocenters. The normalized spacial score (nSPS) is 35.2. The van der Waals surface area contributed by atoms with Crippen molar-refractivity contribution in [2.45, 2.75) is 38.7 Å². The summed E-state index contributed by atoms with van der Waals surface area (Å²) in [6.45, 7) is 5.39. The summed E-state index contributed by atoms with van der Waals surface area (Å²) in [5.41, 5.74) is 0.302. The quantitative estimate of drug-likeness (QED) is 0.511. The molecule has 1 rings (SSSR count). The van der Waals surface area contributed by atoms with Gasteiger partial charge in [-0.15, -0.1) is 0 Å². The van der Waals surface area contributed by atoms with Crippen LogP contribution in [0.15, 0.2) is 0 Å². The molecule has 1 aliphatic heterocycles. The van der Waals surface area contributed by atoms with Crippen molar-refractivity contribution in [3.05, 3.63) is 0 Å². The van der Waals surface area contributed by atoms with Gasteiger partial charge in [-0.25, -0.2) is 0 Å². The second kappa shape index (κ2) is 2.06. The average molecular weight is 114 g/mol. The first-order valence-corrected chi connectivity index (χ1v) is 3.41. The van der Waals surface area contributed by atoms with E-state index in [1.54, 1.807) is 0 Å². The van der Waals surface area contributed by atoms with Crippen molar-refractivity contribution in [3.8, 4) is 0 Å². The summed E-state index contributed by atoms with van der Waals surface area (Å²) in [7, 11) is 0. The van der Waals surface area contributed by atoms with Gasteiger partial charge in [-0.05, 0) is 13.3 Å². The van der Waals surface area contributed by atoms with Crippen molar-refractivity contribution in [1.29, 1.82) is 0 Å². The van der Waals surface area contributed by atoms with E-state index in [-0.39, 0.29) is 0 Å². The predicted octanol–water partition coefficient (Wildman–Crippen LogP) is 1.97. The second-order valence-electron chi connectivity index (χ2n) is 2.84. The lowest BCUT2D eigenvalue weighted by molar-refractivity contribution is 0.303. The summed E-state index contributed by atoms with van der Waals surface area (Å²) >= 11 is 0. The third kappa shape index (κ3) is 1.48. The lowest BCUT2D eigenvalue weighted by atomic mass is 10.1. The Labute approximate surface area is 51.0 Å². The highest BCUT2D eigenvalue weighted by atomic mass is 16.6. The van der Waals surface area contributed by atoms with Gasteiger partial charge in [0.15, 0.2) is 0 Å². The molecule has 8 heavy (non-hydrogen) atoms. The molecule has 0 radical (unpaired) electrons. The van der Waals surface area contributed by atoms with Crippen LogP contribution in [0.4, 0.5) is 0 Å². The second-order valence-corrected chi connectivity index (χ2v) is 2.84. The minimum atomic E-state index is 0.302. The number of hydrogen-bond acceptors (Lipinski definition) is 1. The molecule has 1 nitrogen and oxygen atoms in total. The first-order valence-electron chi connectivity index (χ1n) is 3.41. The Morgan fingerprint density at radius 1 is 1.62 bits per heavy atom. The van der Waals surface area contributed by atoms with E-state index >= 15 is 0 Å². The molecular formula is C7H14O. The number of hydrogen-bond donors (Lipinski definition) is 0. The molecule has 48 valence electrons. The summed E-state index contributed by atoms with van der Waals surface area (Å²) in [5, 5.41) is 0. The summed E-state index contributed by atoms with van der Waals surface area (Å²) in [4.78, 5) is 0. The Kier molecular flexibility index (Phi) is 1.57. The van der Waals surface area contributed by atoms with Crippen molar-refractivity contribution in [2.75, 3.05) is 6.61 Å². The maximum absolute atomic E-state index is 5.20. The average Bonchev–Trinajstić information content (AvgIpc) is 2.45. The zero-order chi connectivity index (χ0) is 6.04. The van der Waals surface area contributed by atoms with Crippen molar-refractivity contribution in [3.63, 3.8) is 0 Å². The van der Waals surface area contributed by atoms with Crippen LogP contribution in [0.25, 0.3) is 0 Å². The van der Waals surface area contributed by atoms with Crippen LogP contribution in [0.2, 0.25) is 0 Å². The topological polar surface area (TPSA) is 12.5 Å². The van der Waals surface area contributed by atoms with E-state index in [0.29, 0.717) is 5.60 Å². The fraction of sp³-hybridized carbons (Fsp3) is 1.00. The van der Waals surface area contributed by atoms with Crippen molar-refractivity contribution in [1.82, 2.24) is 0 Å². The number of ether oxygens (including phenoxy) is 1. The zero-order valence-electron chi connectivity index (χ0n) is 5.74. The maximum atomic E-state index is 5.20. The zero-order valence-corrected chi connectivity index (χ0v) is 5.74. The van der Waals surface area contributed by atoms with Crippen LogP contribution in [0, 0.1) is 0 Å². The Bertz CT molecular complexity index is 74.5. The van der Waals surface area contributed by atoms with Crippen LogP contribution in [0.5, 0.6) is 0 Å². The van der Waals surface area contributed by atoms with Crippen LogP contribution in [-0.4, -0.2) is 12.2 Å². The highest BCUT2D eigenvalue weighted by Gasteiger charge is 2.37. The Balaban J connectivity index is 2.01. The third-order valence-corrected chi connectivity index (χ3v) is 1.70. The standard InChI is InChI=1S/C7H14O/c1-3-4-5-7(2)6-8-7/h3-6H2,1-2H3/t7-/m1/s1. The summed E-state index contributed by atoms with van der Waals surface area (Å²) in [6, 6.07) is 0. The Morgan fingerprint density at radius 2 is 2.25 bits per heavy atom. The van der Waals surface area contributed by atoms with Gasteiger partial charge in [-0.1, -0.05) is 19.8 Å². The molecule has 0 saturated carbocycles. The van der Waals surface area contributed by atoms with Crippen LogP contribution in [-0.2, 0) is 4.74 Å². The minimum absolute atomic E-state index is 0.302. The van der Waals surface area contributed by atoms with E-state index in [0.717, 1.165) is 6.61 Å². The largest absolute Gasteiger partial charge is 0.370 e. The molecule has 0 aromatic rings. The Hall–Kier alpha value is -0.0400. The number of epoxide rings is 1. The first kappa shape index (κ1) is 6.09. The molecule has 0 aromatic heterocycles. The molecule has 1 saturated heterocycles. The lowest BCUT2D eigenvalue weighted by Crippen LogP contribution is -2.02. The SMILES string of the molecule is CCCC[C@]1(C)CO1. The van der Waals surface area contributed by atoms with Gasteiger partial charge in [0.05, 0.1) is 12.2 Å². The van der Waals surface area contributed by atoms with Gasteiger partial charge in [0.25, 0.3) is 0 Å². The molecule has 0 N–H and O–H groups in total. The summed E-state index contributed by atoms with van der Waals surface area (Å²) < 4.78 is 5.20. The van der Waals surface area contributed by atoms with Gasteiger partial charge >= 0.3 is 0 Å². The molecule has 1 heterocycles. The minimum Gasteiger partial charge on any atom is -0.370 e. The van der Waals surface area contributed by atoms with E-state index < -0.39 is 0 Å². The molecule has 0 bridgehead atoms. The monoisotopic (exact) mass is 114 g/mol. The highest BCUT2D eigenvalue weighted by molar-refractivity contribution is 4.85. The van der Waals surface area contributed by atoms with E-state index in [2.05, 4.69) is 13.8 Å². The van der Waals surface area contributed by atoms with Gasteiger partial charge in [0.2, 0.25) is 0 Å². The molecule has 0 aromatic carbocycles. The fourth-order valence-electron chi connectivity index (χ4n) is 0.818. The van der Waals surface area contributed by atoms with Gasteiger partial charge in [0.1, 0.15) is 0 Å². The molecule has 0 amide bonds. The van der Waals surface area contributed by atoms with Crippen molar-refractivity contribution >= 4 is 0 Å². The number of rotatable bonds is 3. The van der Waals surface area contributed by atoms with Gasteiger partial charge < -0.3 is 4.74 Å². The molecule has 1 atom stereocenters. The Morgan fingerprint density at radius 3 is 2.62 bits per heavy atom. The van der Waals surface area contributed by atoms with E-state index in [9.17, 15) is 0 Å². The van der Waals surface area contributed by atoms with Gasteiger partial charge in [-0.2, -0.15) is 0 Å². The predicted molar refractivity (Wildman–Crippen MR) is 33.9 cm³/mol. The third-order valence-electron chi connectivity index (χ3n) is 1.70. The van der Waals surface area contributed by atoms with Crippen LogP contribution < -0.4 is 0 Å². The molecule has 0 spiro atoms. The molecule has 1 fully saturated rings. The van der Waals surface area contributed by atoms with Crippen molar-refractivity contribution in [2.24, 2.45) is 0 Å². The van der Waals surface area contributed by atoms with Crippen LogP contribution in [0.3, 0.4) is 0 Å². The van der Waals surface area contributed by atoms with E-state index in [4.69, 9.17) is 4.74 Å².